The third-order valence-electron chi connectivity index (χ3n) is 2.70. The fourth-order valence-electron chi connectivity index (χ4n) is 1.67. The second-order valence-electron chi connectivity index (χ2n) is 3.87. The first-order valence-corrected chi connectivity index (χ1v) is 5.70. The molecule has 15 heavy (non-hydrogen) atoms. The van der Waals surface area contributed by atoms with E-state index in [9.17, 15) is 0 Å². The Labute approximate surface area is 100 Å². The number of halogens is 1. The van der Waals surface area contributed by atoms with Gasteiger partial charge in [-0.05, 0) is 31.0 Å². The number of thiocarbonyl (C=S) groups is 1. The lowest BCUT2D eigenvalue weighted by molar-refractivity contribution is 0.916. The van der Waals surface area contributed by atoms with E-state index in [2.05, 4.69) is 11.9 Å². The van der Waals surface area contributed by atoms with E-state index >= 15 is 0 Å². The van der Waals surface area contributed by atoms with Crippen LogP contribution in [0, 0.1) is 0 Å². The number of anilines is 1. The van der Waals surface area contributed by atoms with Gasteiger partial charge in [-0.15, -0.1) is 0 Å². The van der Waals surface area contributed by atoms with Gasteiger partial charge in [0.15, 0.2) is 0 Å². The molecule has 80 valence electrons. The average Bonchev–Trinajstić information content (AvgIpc) is 2.99. The summed E-state index contributed by atoms with van der Waals surface area (Å²) in [4.78, 5) is 2.63. The minimum absolute atomic E-state index is 0.403. The van der Waals surface area contributed by atoms with Crippen molar-refractivity contribution in [3.05, 3.63) is 28.8 Å². The number of hydrogen-bond donors (Lipinski definition) is 1. The van der Waals surface area contributed by atoms with Crippen LogP contribution in [0.4, 0.5) is 5.69 Å². The number of benzene rings is 1. The van der Waals surface area contributed by atoms with Crippen molar-refractivity contribution in [1.29, 1.82) is 0 Å². The van der Waals surface area contributed by atoms with Crippen molar-refractivity contribution in [2.75, 3.05) is 11.9 Å². The third kappa shape index (κ3) is 2.24. The Bertz CT molecular complexity index is 402. The highest BCUT2D eigenvalue weighted by molar-refractivity contribution is 7.80. The summed E-state index contributed by atoms with van der Waals surface area (Å²) in [6, 6.07) is 6.32. The van der Waals surface area contributed by atoms with Gasteiger partial charge in [0.2, 0.25) is 0 Å². The van der Waals surface area contributed by atoms with Gasteiger partial charge in [-0.3, -0.25) is 0 Å². The Hall–Kier alpha value is -0.800. The first kappa shape index (κ1) is 10.7. The molecule has 0 unspecified atom stereocenters. The third-order valence-corrected chi connectivity index (χ3v) is 3.15. The Morgan fingerprint density at radius 3 is 2.73 bits per heavy atom. The number of nitrogens with two attached hydrogens (primary N) is 1. The lowest BCUT2D eigenvalue weighted by Crippen LogP contribution is -2.23. The van der Waals surface area contributed by atoms with Crippen molar-refractivity contribution in [2.45, 2.75) is 18.9 Å². The van der Waals surface area contributed by atoms with Crippen molar-refractivity contribution in [3.63, 3.8) is 0 Å². The Balaban J connectivity index is 2.40. The van der Waals surface area contributed by atoms with Crippen LogP contribution in [0.1, 0.15) is 18.4 Å². The lowest BCUT2D eigenvalue weighted by Gasteiger charge is -2.21. The quantitative estimate of drug-likeness (QED) is 0.824. The molecule has 0 aliphatic heterocycles. The molecule has 4 heteroatoms. The van der Waals surface area contributed by atoms with Crippen LogP contribution in [-0.2, 0) is 0 Å². The van der Waals surface area contributed by atoms with Crippen molar-refractivity contribution < 1.29 is 0 Å². The summed E-state index contributed by atoms with van der Waals surface area (Å²) in [7, 11) is 2.07. The molecule has 0 bridgehead atoms. The van der Waals surface area contributed by atoms with Gasteiger partial charge < -0.3 is 10.6 Å². The van der Waals surface area contributed by atoms with Crippen LogP contribution in [-0.4, -0.2) is 18.1 Å². The van der Waals surface area contributed by atoms with Gasteiger partial charge in [-0.2, -0.15) is 0 Å². The van der Waals surface area contributed by atoms with Gasteiger partial charge >= 0.3 is 0 Å². The standard InChI is InChI=1S/C11H13ClN2S/c1-14(8-3-4-8)10-5-2-7(12)6-9(10)11(13)15/h2,5-6,8H,3-4H2,1H3,(H2,13,15). The van der Waals surface area contributed by atoms with E-state index in [0.29, 0.717) is 16.1 Å². The zero-order valence-electron chi connectivity index (χ0n) is 8.53. The smallest absolute Gasteiger partial charge is 0.106 e. The highest BCUT2D eigenvalue weighted by Crippen LogP contribution is 2.33. The summed E-state index contributed by atoms with van der Waals surface area (Å²) in [5.74, 6) is 0. The first-order chi connectivity index (χ1) is 7.09. The zero-order valence-corrected chi connectivity index (χ0v) is 10.1. The largest absolute Gasteiger partial charge is 0.389 e. The number of nitrogens with zero attached hydrogens (tertiary/aromatic N) is 1. The van der Waals surface area contributed by atoms with Crippen LogP contribution in [0.2, 0.25) is 5.02 Å². The van der Waals surface area contributed by atoms with E-state index < -0.39 is 0 Å². The first-order valence-electron chi connectivity index (χ1n) is 4.92. The van der Waals surface area contributed by atoms with E-state index in [1.807, 2.05) is 18.2 Å². The molecular formula is C11H13ClN2S. The van der Waals surface area contributed by atoms with Crippen LogP contribution >= 0.6 is 23.8 Å². The molecule has 0 saturated heterocycles. The topological polar surface area (TPSA) is 29.3 Å². The van der Waals surface area contributed by atoms with Crippen molar-refractivity contribution in [2.24, 2.45) is 5.73 Å². The maximum Gasteiger partial charge on any atom is 0.106 e. The fraction of sp³-hybridized carbons (Fsp3) is 0.364. The van der Waals surface area contributed by atoms with Crippen LogP contribution in [0.3, 0.4) is 0 Å². The summed E-state index contributed by atoms with van der Waals surface area (Å²) in [5.41, 5.74) is 7.63. The fourth-order valence-corrected chi connectivity index (χ4v) is 2.01. The molecule has 2 N–H and O–H groups in total. The molecule has 1 aliphatic rings. The van der Waals surface area contributed by atoms with E-state index in [0.717, 1.165) is 11.3 Å². The molecule has 2 rings (SSSR count). The normalized spacial score (nSPS) is 15.1. The van der Waals surface area contributed by atoms with Crippen molar-refractivity contribution >= 4 is 34.5 Å². The Kier molecular flexibility index (Phi) is 2.85. The van der Waals surface area contributed by atoms with E-state index in [-0.39, 0.29) is 0 Å². The summed E-state index contributed by atoms with van der Waals surface area (Å²) in [5, 5.41) is 0.672. The monoisotopic (exact) mass is 240 g/mol. The molecule has 0 heterocycles. The van der Waals surface area contributed by atoms with E-state index in [1.165, 1.54) is 12.8 Å². The second kappa shape index (κ2) is 3.99. The maximum absolute atomic E-state index is 5.93. The molecule has 1 aliphatic carbocycles. The van der Waals surface area contributed by atoms with Crippen LogP contribution in [0.25, 0.3) is 0 Å². The van der Waals surface area contributed by atoms with Gasteiger partial charge in [0.25, 0.3) is 0 Å². The zero-order chi connectivity index (χ0) is 11.0. The molecule has 1 aromatic carbocycles. The highest BCUT2D eigenvalue weighted by atomic mass is 35.5. The number of rotatable bonds is 3. The lowest BCUT2D eigenvalue weighted by atomic mass is 10.1. The summed E-state index contributed by atoms with van der Waals surface area (Å²) >= 11 is 11.0. The summed E-state index contributed by atoms with van der Waals surface area (Å²) < 4.78 is 0. The molecule has 1 saturated carbocycles. The molecule has 0 amide bonds. The Morgan fingerprint density at radius 2 is 2.20 bits per heavy atom. The predicted octanol–water partition coefficient (Wildman–Crippen LogP) is 2.57. The molecule has 0 aromatic heterocycles. The minimum atomic E-state index is 0.403. The second-order valence-corrected chi connectivity index (χ2v) is 4.74. The van der Waals surface area contributed by atoms with Gasteiger partial charge in [-0.1, -0.05) is 23.8 Å². The molecule has 0 atom stereocenters. The van der Waals surface area contributed by atoms with Gasteiger partial charge in [-0.25, -0.2) is 0 Å². The number of hydrogen-bond acceptors (Lipinski definition) is 2. The Morgan fingerprint density at radius 1 is 1.53 bits per heavy atom. The van der Waals surface area contributed by atoms with Crippen LogP contribution in [0.5, 0.6) is 0 Å². The van der Waals surface area contributed by atoms with E-state index in [4.69, 9.17) is 29.6 Å². The van der Waals surface area contributed by atoms with Crippen LogP contribution < -0.4 is 10.6 Å². The molecule has 1 aromatic rings. The highest BCUT2D eigenvalue weighted by Gasteiger charge is 2.27. The minimum Gasteiger partial charge on any atom is -0.389 e. The summed E-state index contributed by atoms with van der Waals surface area (Å²) in [6.45, 7) is 0. The van der Waals surface area contributed by atoms with Gasteiger partial charge in [0.05, 0.1) is 0 Å². The van der Waals surface area contributed by atoms with Crippen LogP contribution in [0.15, 0.2) is 18.2 Å². The average molecular weight is 241 g/mol. The predicted molar refractivity (Wildman–Crippen MR) is 68.8 cm³/mol. The van der Waals surface area contributed by atoms with Crippen molar-refractivity contribution in [1.82, 2.24) is 0 Å². The van der Waals surface area contributed by atoms with Gasteiger partial charge in [0, 0.05) is 29.4 Å². The van der Waals surface area contributed by atoms with Gasteiger partial charge in [0.1, 0.15) is 4.99 Å². The summed E-state index contributed by atoms with van der Waals surface area (Å²) in [6.07, 6.45) is 2.49. The molecule has 1 fully saturated rings. The molecule has 0 spiro atoms. The molecule has 0 radical (unpaired) electrons. The maximum atomic E-state index is 5.93. The molecule has 2 nitrogen and oxygen atoms in total. The van der Waals surface area contributed by atoms with Crippen molar-refractivity contribution in [3.8, 4) is 0 Å². The van der Waals surface area contributed by atoms with E-state index in [1.54, 1.807) is 0 Å². The SMILES string of the molecule is CN(c1ccc(Cl)cc1C(N)=S)C1CC1. The molecular weight excluding hydrogens is 228 g/mol.